The first-order valence-corrected chi connectivity index (χ1v) is 8.78. The number of unbranched alkanes of at least 4 members (excludes halogenated alkanes) is 2. The second kappa shape index (κ2) is 9.61. The smallest absolute Gasteiger partial charge is 0.342 e. The van der Waals surface area contributed by atoms with Crippen molar-refractivity contribution in [2.24, 2.45) is 0 Å². The van der Waals surface area contributed by atoms with E-state index in [9.17, 15) is 19.8 Å². The quantitative estimate of drug-likeness (QED) is 0.521. The van der Waals surface area contributed by atoms with Crippen LogP contribution in [0.5, 0.6) is 11.5 Å². The molecule has 0 aliphatic carbocycles. The van der Waals surface area contributed by atoms with Crippen molar-refractivity contribution < 1.29 is 24.5 Å². The summed E-state index contributed by atoms with van der Waals surface area (Å²) in [4.78, 5) is 24.6. The zero-order chi connectivity index (χ0) is 18.9. The number of phenolic OH excluding ortho intramolecular Hbond substituents is 2. The van der Waals surface area contributed by atoms with Crippen molar-refractivity contribution in [3.8, 4) is 11.5 Å². The van der Waals surface area contributed by atoms with Crippen LogP contribution in [0.25, 0.3) is 0 Å². The summed E-state index contributed by atoms with van der Waals surface area (Å²) in [6, 6.07) is 11.6. The molecule has 0 saturated carbocycles. The molecule has 0 aromatic heterocycles. The number of Topliss-reactive ketones (excluding diaryl/α,β-unsaturated/α-hetero) is 1. The van der Waals surface area contributed by atoms with E-state index in [0.717, 1.165) is 30.9 Å². The predicted octanol–water partition coefficient (Wildman–Crippen LogP) is 4.15. The monoisotopic (exact) mass is 356 g/mol. The second-order valence-electron chi connectivity index (χ2n) is 6.23. The normalized spacial score (nSPS) is 10.5. The molecule has 0 unspecified atom stereocenters. The third-order valence-electron chi connectivity index (χ3n) is 4.05. The summed E-state index contributed by atoms with van der Waals surface area (Å²) < 4.78 is 5.26. The first kappa shape index (κ1) is 19.5. The van der Waals surface area contributed by atoms with Gasteiger partial charge in [0, 0.05) is 18.9 Å². The third-order valence-corrected chi connectivity index (χ3v) is 4.05. The molecule has 0 aliphatic rings. The lowest BCUT2D eigenvalue weighted by molar-refractivity contribution is -0.118. The molecule has 2 aromatic rings. The van der Waals surface area contributed by atoms with Gasteiger partial charge in [0.25, 0.3) is 0 Å². The number of esters is 1. The molecular formula is C21H24O5. The first-order valence-electron chi connectivity index (χ1n) is 8.78. The number of ether oxygens (including phenoxy) is 1. The van der Waals surface area contributed by atoms with Gasteiger partial charge in [-0.15, -0.1) is 0 Å². The van der Waals surface area contributed by atoms with E-state index >= 15 is 0 Å². The van der Waals surface area contributed by atoms with Gasteiger partial charge in [-0.25, -0.2) is 4.79 Å². The van der Waals surface area contributed by atoms with Gasteiger partial charge in [-0.1, -0.05) is 50.1 Å². The van der Waals surface area contributed by atoms with Gasteiger partial charge in [0.15, 0.2) is 0 Å². The molecule has 5 nitrogen and oxygen atoms in total. The maximum absolute atomic E-state index is 12.4. The van der Waals surface area contributed by atoms with Crippen LogP contribution in [0.1, 0.15) is 54.1 Å². The van der Waals surface area contributed by atoms with Crippen LogP contribution in [0.15, 0.2) is 42.5 Å². The van der Waals surface area contributed by atoms with Crippen molar-refractivity contribution in [1.82, 2.24) is 0 Å². The molecule has 0 spiro atoms. The molecule has 5 heteroatoms. The van der Waals surface area contributed by atoms with Crippen molar-refractivity contribution in [3.05, 3.63) is 59.2 Å². The maximum atomic E-state index is 12.4. The molecule has 0 bridgehead atoms. The van der Waals surface area contributed by atoms with Crippen LogP contribution in [-0.4, -0.2) is 22.0 Å². The Kier molecular flexibility index (Phi) is 7.21. The minimum absolute atomic E-state index is 0.0263. The Morgan fingerprint density at radius 2 is 1.77 bits per heavy atom. The van der Waals surface area contributed by atoms with Crippen molar-refractivity contribution in [1.29, 1.82) is 0 Å². The summed E-state index contributed by atoms with van der Waals surface area (Å²) >= 11 is 0. The SMILES string of the molecule is CCCCCC(=O)Cc1cc(O)cc(O)c1C(=O)OCc1ccccc1. The Labute approximate surface area is 153 Å². The number of ketones is 1. The molecule has 2 N–H and O–H groups in total. The molecule has 138 valence electrons. The van der Waals surface area contributed by atoms with E-state index < -0.39 is 5.97 Å². The number of carbonyl (C=O) groups is 2. The number of aromatic hydroxyl groups is 2. The van der Waals surface area contributed by atoms with Crippen LogP contribution in [0.3, 0.4) is 0 Å². The van der Waals surface area contributed by atoms with Crippen molar-refractivity contribution in [2.45, 2.75) is 45.6 Å². The van der Waals surface area contributed by atoms with Gasteiger partial charge in [0.05, 0.1) is 0 Å². The predicted molar refractivity (Wildman–Crippen MR) is 98.2 cm³/mol. The summed E-state index contributed by atoms with van der Waals surface area (Å²) in [5.41, 5.74) is 1.03. The number of phenols is 2. The summed E-state index contributed by atoms with van der Waals surface area (Å²) in [6.45, 7) is 2.11. The minimum atomic E-state index is -0.720. The molecule has 2 rings (SSSR count). The molecule has 0 heterocycles. The third kappa shape index (κ3) is 5.62. The average Bonchev–Trinajstić information content (AvgIpc) is 2.60. The zero-order valence-electron chi connectivity index (χ0n) is 14.9. The Bertz CT molecular complexity index is 752. The molecule has 0 radical (unpaired) electrons. The van der Waals surface area contributed by atoms with Gasteiger partial charge < -0.3 is 14.9 Å². The Balaban J connectivity index is 2.13. The minimum Gasteiger partial charge on any atom is -0.508 e. The van der Waals surface area contributed by atoms with E-state index in [4.69, 9.17) is 4.74 Å². The van der Waals surface area contributed by atoms with Crippen molar-refractivity contribution in [3.63, 3.8) is 0 Å². The highest BCUT2D eigenvalue weighted by molar-refractivity contribution is 5.96. The number of benzene rings is 2. The highest BCUT2D eigenvalue weighted by Crippen LogP contribution is 2.29. The lowest BCUT2D eigenvalue weighted by atomic mass is 9.98. The first-order chi connectivity index (χ1) is 12.5. The lowest BCUT2D eigenvalue weighted by Crippen LogP contribution is -2.12. The topological polar surface area (TPSA) is 83.8 Å². The molecule has 0 amide bonds. The standard InChI is InChI=1S/C21H24O5/c1-2-3-5-10-17(22)11-16-12-18(23)13-19(24)20(16)21(25)26-14-15-8-6-4-7-9-15/h4,6-9,12-13,23-24H,2-3,5,10-11,14H2,1H3. The number of hydrogen-bond acceptors (Lipinski definition) is 5. The average molecular weight is 356 g/mol. The Hall–Kier alpha value is -2.82. The fourth-order valence-corrected chi connectivity index (χ4v) is 2.71. The summed E-state index contributed by atoms with van der Waals surface area (Å²) in [7, 11) is 0. The molecule has 2 aromatic carbocycles. The molecule has 0 aliphatic heterocycles. The van der Waals surface area contributed by atoms with Gasteiger partial charge in [-0.3, -0.25) is 4.79 Å². The molecular weight excluding hydrogens is 332 g/mol. The number of rotatable bonds is 9. The molecule has 0 atom stereocenters. The van der Waals surface area contributed by atoms with Crippen LogP contribution in [0.4, 0.5) is 0 Å². The number of hydrogen-bond donors (Lipinski definition) is 2. The van der Waals surface area contributed by atoms with Gasteiger partial charge in [0.2, 0.25) is 0 Å². The van der Waals surface area contributed by atoms with Crippen LogP contribution in [-0.2, 0) is 22.6 Å². The number of carbonyl (C=O) groups excluding carboxylic acids is 2. The summed E-state index contributed by atoms with van der Waals surface area (Å²) in [5, 5.41) is 19.8. The van der Waals surface area contributed by atoms with E-state index in [1.54, 1.807) is 0 Å². The highest BCUT2D eigenvalue weighted by Gasteiger charge is 2.21. The highest BCUT2D eigenvalue weighted by atomic mass is 16.5. The molecule has 0 saturated heterocycles. The van der Waals surface area contributed by atoms with E-state index in [2.05, 4.69) is 6.92 Å². The van der Waals surface area contributed by atoms with E-state index in [-0.39, 0.29) is 41.4 Å². The Morgan fingerprint density at radius 3 is 2.46 bits per heavy atom. The fraction of sp³-hybridized carbons (Fsp3) is 0.333. The van der Waals surface area contributed by atoms with Crippen LogP contribution >= 0.6 is 0 Å². The van der Waals surface area contributed by atoms with Crippen LogP contribution in [0, 0.1) is 0 Å². The van der Waals surface area contributed by atoms with Gasteiger partial charge in [0.1, 0.15) is 29.5 Å². The van der Waals surface area contributed by atoms with Gasteiger partial charge >= 0.3 is 5.97 Å². The maximum Gasteiger partial charge on any atom is 0.342 e. The van der Waals surface area contributed by atoms with E-state index in [1.807, 2.05) is 30.3 Å². The van der Waals surface area contributed by atoms with Crippen LogP contribution in [0.2, 0.25) is 0 Å². The summed E-state index contributed by atoms with van der Waals surface area (Å²) in [5.74, 6) is -1.35. The molecule has 0 fully saturated rings. The van der Waals surface area contributed by atoms with Gasteiger partial charge in [-0.05, 0) is 23.6 Å². The zero-order valence-corrected chi connectivity index (χ0v) is 14.9. The molecule has 26 heavy (non-hydrogen) atoms. The van der Waals surface area contributed by atoms with Crippen molar-refractivity contribution in [2.75, 3.05) is 0 Å². The summed E-state index contributed by atoms with van der Waals surface area (Å²) in [6.07, 6.45) is 3.14. The fourth-order valence-electron chi connectivity index (χ4n) is 2.71. The van der Waals surface area contributed by atoms with Crippen molar-refractivity contribution >= 4 is 11.8 Å². The second-order valence-corrected chi connectivity index (χ2v) is 6.23. The van der Waals surface area contributed by atoms with E-state index in [0.29, 0.717) is 6.42 Å². The van der Waals surface area contributed by atoms with Crippen LogP contribution < -0.4 is 0 Å². The lowest BCUT2D eigenvalue weighted by Gasteiger charge is -2.12. The van der Waals surface area contributed by atoms with Gasteiger partial charge in [-0.2, -0.15) is 0 Å². The Morgan fingerprint density at radius 1 is 1.04 bits per heavy atom. The largest absolute Gasteiger partial charge is 0.508 e. The van der Waals surface area contributed by atoms with E-state index in [1.165, 1.54) is 6.07 Å².